The Balaban J connectivity index is 1.56. The first-order valence-corrected chi connectivity index (χ1v) is 10.8. The number of methoxy groups -OCH3 is 1. The fourth-order valence-corrected chi connectivity index (χ4v) is 3.61. The third-order valence-electron chi connectivity index (χ3n) is 5.62. The van der Waals surface area contributed by atoms with E-state index in [1.165, 1.54) is 43.5 Å². The van der Waals surface area contributed by atoms with E-state index in [9.17, 15) is 22.4 Å². The van der Waals surface area contributed by atoms with E-state index in [0.717, 1.165) is 24.1 Å². The van der Waals surface area contributed by atoms with Crippen LogP contribution in [0.15, 0.2) is 72.8 Å². The number of hydrogen-bond acceptors (Lipinski definition) is 3. The monoisotopic (exact) mass is 480 g/mol. The Bertz CT molecular complexity index is 1380. The molecule has 0 N–H and O–H groups in total. The summed E-state index contributed by atoms with van der Waals surface area (Å²) in [5.41, 5.74) is 2.14. The molecule has 0 bridgehead atoms. The quantitative estimate of drug-likeness (QED) is 0.164. The summed E-state index contributed by atoms with van der Waals surface area (Å²) in [4.78, 5) is 12.4. The van der Waals surface area contributed by atoms with Gasteiger partial charge in [-0.3, -0.25) is 0 Å². The Morgan fingerprint density at radius 2 is 1.14 bits per heavy atom. The highest BCUT2D eigenvalue weighted by Crippen LogP contribution is 2.32. The molecule has 0 unspecified atom stereocenters. The van der Waals surface area contributed by atoms with Crippen LogP contribution in [0.3, 0.4) is 0 Å². The summed E-state index contributed by atoms with van der Waals surface area (Å²) >= 11 is 0. The van der Waals surface area contributed by atoms with Crippen LogP contribution in [0.1, 0.15) is 22.8 Å². The lowest BCUT2D eigenvalue weighted by molar-refractivity contribution is 0.0726. The molecule has 0 saturated heterocycles. The zero-order chi connectivity index (χ0) is 25.1. The van der Waals surface area contributed by atoms with Crippen LogP contribution in [0.5, 0.6) is 11.5 Å². The molecule has 0 heterocycles. The SMILES string of the molecule is CCc1ccc(-c2ccc(-c3ccc(C(=O)Oc4ccc(OC)c(F)c4F)cc3)c(F)c2F)cc1. The topological polar surface area (TPSA) is 35.5 Å². The highest BCUT2D eigenvalue weighted by molar-refractivity contribution is 5.91. The van der Waals surface area contributed by atoms with Crippen LogP contribution in [0.25, 0.3) is 22.3 Å². The molecule has 0 spiro atoms. The second-order valence-electron chi connectivity index (χ2n) is 7.70. The number of hydrogen-bond donors (Lipinski definition) is 0. The van der Waals surface area contributed by atoms with Gasteiger partial charge in [-0.2, -0.15) is 8.78 Å². The smallest absolute Gasteiger partial charge is 0.343 e. The maximum atomic E-state index is 14.9. The van der Waals surface area contributed by atoms with E-state index in [0.29, 0.717) is 11.1 Å². The molecule has 35 heavy (non-hydrogen) atoms. The van der Waals surface area contributed by atoms with Gasteiger partial charge in [-0.15, -0.1) is 0 Å². The molecule has 4 aromatic carbocycles. The molecule has 0 aliphatic rings. The minimum atomic E-state index is -1.36. The Morgan fingerprint density at radius 3 is 1.66 bits per heavy atom. The van der Waals surface area contributed by atoms with E-state index in [-0.39, 0.29) is 22.4 Å². The third kappa shape index (κ3) is 4.75. The number of aryl methyl sites for hydroxylation is 1. The van der Waals surface area contributed by atoms with Gasteiger partial charge in [-0.1, -0.05) is 55.5 Å². The summed E-state index contributed by atoms with van der Waals surface area (Å²) in [6.07, 6.45) is 0.839. The minimum Gasteiger partial charge on any atom is -0.494 e. The summed E-state index contributed by atoms with van der Waals surface area (Å²) in [7, 11) is 1.18. The summed E-state index contributed by atoms with van der Waals surface area (Å²) in [6, 6.07) is 17.8. The molecule has 0 atom stereocenters. The highest BCUT2D eigenvalue weighted by Gasteiger charge is 2.20. The summed E-state index contributed by atoms with van der Waals surface area (Å²) in [6.45, 7) is 2.01. The first kappa shape index (κ1) is 24.0. The minimum absolute atomic E-state index is 0.0119. The summed E-state index contributed by atoms with van der Waals surface area (Å²) in [5, 5.41) is 0. The first-order chi connectivity index (χ1) is 16.8. The van der Waals surface area contributed by atoms with E-state index < -0.39 is 35.0 Å². The number of carbonyl (C=O) groups excluding carboxylic acids is 1. The van der Waals surface area contributed by atoms with Crippen molar-refractivity contribution >= 4 is 5.97 Å². The van der Waals surface area contributed by atoms with E-state index in [2.05, 4.69) is 4.74 Å². The molecule has 0 aromatic heterocycles. The van der Waals surface area contributed by atoms with Gasteiger partial charge in [0, 0.05) is 11.1 Å². The normalized spacial score (nSPS) is 10.8. The predicted molar refractivity (Wildman–Crippen MR) is 124 cm³/mol. The van der Waals surface area contributed by atoms with Crippen molar-refractivity contribution in [1.82, 2.24) is 0 Å². The van der Waals surface area contributed by atoms with E-state index in [4.69, 9.17) is 4.74 Å². The van der Waals surface area contributed by atoms with Gasteiger partial charge < -0.3 is 9.47 Å². The number of esters is 1. The largest absolute Gasteiger partial charge is 0.494 e. The molecule has 3 nitrogen and oxygen atoms in total. The van der Waals surface area contributed by atoms with Gasteiger partial charge in [0.1, 0.15) is 0 Å². The molecule has 0 radical (unpaired) electrons. The van der Waals surface area contributed by atoms with Crippen molar-refractivity contribution in [2.24, 2.45) is 0 Å². The van der Waals surface area contributed by atoms with Gasteiger partial charge in [0.15, 0.2) is 23.1 Å². The molecule has 0 amide bonds. The standard InChI is InChI=1S/C28H20F4O3/c1-3-16-4-6-17(7-5-16)20-12-13-21(25(30)24(20)29)18-8-10-19(11-9-18)28(33)35-23-15-14-22(34-2)26(31)27(23)32/h4-15H,3H2,1-2H3. The summed E-state index contributed by atoms with van der Waals surface area (Å²) < 4.78 is 67.3. The third-order valence-corrected chi connectivity index (χ3v) is 5.62. The molecule has 0 saturated carbocycles. The zero-order valence-electron chi connectivity index (χ0n) is 18.9. The van der Waals surface area contributed by atoms with Crippen LogP contribution in [0.4, 0.5) is 17.6 Å². The van der Waals surface area contributed by atoms with Crippen molar-refractivity contribution in [2.75, 3.05) is 7.11 Å². The predicted octanol–water partition coefficient (Wildman–Crippen LogP) is 7.37. The average molecular weight is 480 g/mol. The molecule has 178 valence electrons. The lowest BCUT2D eigenvalue weighted by Gasteiger charge is -2.11. The molecule has 0 fully saturated rings. The van der Waals surface area contributed by atoms with Crippen molar-refractivity contribution in [3.05, 3.63) is 107 Å². The van der Waals surface area contributed by atoms with Crippen LogP contribution >= 0.6 is 0 Å². The Kier molecular flexibility index (Phi) is 6.87. The maximum Gasteiger partial charge on any atom is 0.343 e. The van der Waals surface area contributed by atoms with E-state index >= 15 is 0 Å². The van der Waals surface area contributed by atoms with Gasteiger partial charge >= 0.3 is 5.97 Å². The number of rotatable bonds is 6. The summed E-state index contributed by atoms with van der Waals surface area (Å²) in [5.74, 6) is -6.53. The van der Waals surface area contributed by atoms with Crippen molar-refractivity contribution in [2.45, 2.75) is 13.3 Å². The number of halogens is 4. The van der Waals surface area contributed by atoms with Crippen LogP contribution in [0, 0.1) is 23.3 Å². The molecule has 7 heteroatoms. The molecule has 0 aliphatic carbocycles. The highest BCUT2D eigenvalue weighted by atomic mass is 19.2. The van der Waals surface area contributed by atoms with Crippen LogP contribution in [-0.4, -0.2) is 13.1 Å². The van der Waals surface area contributed by atoms with Gasteiger partial charge in [-0.05, 0) is 47.4 Å². The lowest BCUT2D eigenvalue weighted by Crippen LogP contribution is -2.10. The van der Waals surface area contributed by atoms with Gasteiger partial charge in [0.2, 0.25) is 11.6 Å². The second kappa shape index (κ2) is 10.0. The molecular formula is C28H20F4O3. The van der Waals surface area contributed by atoms with Gasteiger partial charge in [-0.25, -0.2) is 13.6 Å². The van der Waals surface area contributed by atoms with Gasteiger partial charge in [0.25, 0.3) is 0 Å². The van der Waals surface area contributed by atoms with Crippen molar-refractivity contribution in [3.8, 4) is 33.8 Å². The molecule has 4 aromatic rings. The number of benzene rings is 4. The molecule has 0 aliphatic heterocycles. The fourth-order valence-electron chi connectivity index (χ4n) is 3.61. The van der Waals surface area contributed by atoms with E-state index in [1.807, 2.05) is 19.1 Å². The van der Waals surface area contributed by atoms with Crippen LogP contribution < -0.4 is 9.47 Å². The average Bonchev–Trinajstić information content (AvgIpc) is 2.88. The maximum absolute atomic E-state index is 14.9. The zero-order valence-corrected chi connectivity index (χ0v) is 18.9. The van der Waals surface area contributed by atoms with Crippen molar-refractivity contribution in [1.29, 1.82) is 0 Å². The van der Waals surface area contributed by atoms with Crippen LogP contribution in [0.2, 0.25) is 0 Å². The Labute approximate surface area is 199 Å². The second-order valence-corrected chi connectivity index (χ2v) is 7.70. The Morgan fingerprint density at radius 1 is 0.657 bits per heavy atom. The van der Waals surface area contributed by atoms with E-state index in [1.54, 1.807) is 12.1 Å². The number of ether oxygens (including phenoxy) is 2. The van der Waals surface area contributed by atoms with Crippen molar-refractivity contribution < 1.29 is 31.8 Å². The first-order valence-electron chi connectivity index (χ1n) is 10.8. The molecular weight excluding hydrogens is 460 g/mol. The lowest BCUT2D eigenvalue weighted by atomic mass is 9.97. The number of carbonyl (C=O) groups is 1. The van der Waals surface area contributed by atoms with Crippen molar-refractivity contribution in [3.63, 3.8) is 0 Å². The molecule has 4 rings (SSSR count). The van der Waals surface area contributed by atoms with Crippen LogP contribution in [-0.2, 0) is 6.42 Å². The Hall–Kier alpha value is -4.13. The van der Waals surface area contributed by atoms with Gasteiger partial charge in [0.05, 0.1) is 12.7 Å². The fraction of sp³-hybridized carbons (Fsp3) is 0.107.